The number of amides is 2. The highest BCUT2D eigenvalue weighted by Crippen LogP contribution is 2.12. The summed E-state index contributed by atoms with van der Waals surface area (Å²) in [7, 11) is 0. The highest BCUT2D eigenvalue weighted by molar-refractivity contribution is 9.10. The van der Waals surface area contributed by atoms with Gasteiger partial charge in [0.15, 0.2) is 0 Å². The van der Waals surface area contributed by atoms with Gasteiger partial charge < -0.3 is 15.7 Å². The Morgan fingerprint density at radius 3 is 2.41 bits per heavy atom. The number of benzene rings is 2. The van der Waals surface area contributed by atoms with Gasteiger partial charge in [0.1, 0.15) is 0 Å². The molecule has 22 heavy (non-hydrogen) atoms. The van der Waals surface area contributed by atoms with Gasteiger partial charge in [0.2, 0.25) is 0 Å². The van der Waals surface area contributed by atoms with Crippen molar-refractivity contribution in [1.82, 2.24) is 5.32 Å². The van der Waals surface area contributed by atoms with E-state index in [9.17, 15) is 9.59 Å². The van der Waals surface area contributed by atoms with Crippen LogP contribution in [0.4, 0.5) is 10.5 Å². The maximum Gasteiger partial charge on any atom is 0.319 e. The van der Waals surface area contributed by atoms with Crippen molar-refractivity contribution >= 4 is 33.6 Å². The lowest BCUT2D eigenvalue weighted by Gasteiger charge is -2.08. The van der Waals surface area contributed by atoms with E-state index in [0.29, 0.717) is 17.8 Å². The fraction of sp³-hybridized carbons (Fsp3) is 0.125. The zero-order chi connectivity index (χ0) is 15.9. The molecule has 2 aromatic carbocycles. The summed E-state index contributed by atoms with van der Waals surface area (Å²) in [4.78, 5) is 22.4. The number of carboxylic acids is 1. The second kappa shape index (κ2) is 7.61. The highest BCUT2D eigenvalue weighted by atomic mass is 79.9. The number of hydrogen-bond acceptors (Lipinski definition) is 2. The summed E-state index contributed by atoms with van der Waals surface area (Å²) in [6.45, 7) is 0.419. The fourth-order valence-corrected chi connectivity index (χ4v) is 2.33. The summed E-state index contributed by atoms with van der Waals surface area (Å²) in [6.07, 6.45) is -0.0324. The molecule has 2 aromatic rings. The molecule has 0 aromatic heterocycles. The molecule has 0 aliphatic carbocycles. The van der Waals surface area contributed by atoms with Gasteiger partial charge in [0.05, 0.1) is 6.42 Å². The number of carboxylic acid groups (broad SMARTS) is 1. The molecule has 5 nitrogen and oxygen atoms in total. The van der Waals surface area contributed by atoms with Crippen molar-refractivity contribution in [2.45, 2.75) is 13.0 Å². The molecule has 3 N–H and O–H groups in total. The van der Waals surface area contributed by atoms with Crippen LogP contribution >= 0.6 is 15.9 Å². The molecule has 2 rings (SSSR count). The van der Waals surface area contributed by atoms with Crippen molar-refractivity contribution in [3.63, 3.8) is 0 Å². The lowest BCUT2D eigenvalue weighted by molar-refractivity contribution is -0.136. The second-order valence-electron chi connectivity index (χ2n) is 4.71. The molecular formula is C16H15BrN2O3. The molecule has 0 unspecified atom stereocenters. The Hall–Kier alpha value is -2.34. The van der Waals surface area contributed by atoms with Crippen molar-refractivity contribution < 1.29 is 14.7 Å². The normalized spacial score (nSPS) is 10.0. The zero-order valence-corrected chi connectivity index (χ0v) is 13.3. The first-order valence-corrected chi connectivity index (χ1v) is 7.42. The Balaban J connectivity index is 1.85. The first-order chi connectivity index (χ1) is 10.5. The van der Waals surface area contributed by atoms with Gasteiger partial charge in [-0.2, -0.15) is 0 Å². The minimum Gasteiger partial charge on any atom is -0.481 e. The minimum atomic E-state index is -0.882. The van der Waals surface area contributed by atoms with Gasteiger partial charge in [-0.3, -0.25) is 4.79 Å². The van der Waals surface area contributed by atoms with Crippen LogP contribution in [0.2, 0.25) is 0 Å². The molecule has 0 atom stereocenters. The standard InChI is InChI=1S/C16H15BrN2O3/c17-13-3-1-2-12(8-13)10-18-16(22)19-14-6-4-11(5-7-14)9-15(20)21/h1-8H,9-10H2,(H,20,21)(H2,18,19,22). The minimum absolute atomic E-state index is 0.0324. The first kappa shape index (κ1) is 16.0. The monoisotopic (exact) mass is 362 g/mol. The summed E-state index contributed by atoms with van der Waals surface area (Å²) >= 11 is 3.38. The molecule has 0 radical (unpaired) electrons. The molecule has 0 bridgehead atoms. The fourth-order valence-electron chi connectivity index (χ4n) is 1.89. The molecule has 0 saturated carbocycles. The Morgan fingerprint density at radius 1 is 1.05 bits per heavy atom. The molecule has 6 heteroatoms. The van der Waals surface area contributed by atoms with Crippen LogP contribution in [0.1, 0.15) is 11.1 Å². The van der Waals surface area contributed by atoms with Crippen LogP contribution in [-0.4, -0.2) is 17.1 Å². The maximum atomic E-state index is 11.8. The van der Waals surface area contributed by atoms with Crippen LogP contribution in [0.15, 0.2) is 53.0 Å². The van der Waals surface area contributed by atoms with Gasteiger partial charge in [-0.15, -0.1) is 0 Å². The Kier molecular flexibility index (Phi) is 5.55. The van der Waals surface area contributed by atoms with Crippen LogP contribution < -0.4 is 10.6 Å². The zero-order valence-electron chi connectivity index (χ0n) is 11.7. The molecule has 114 valence electrons. The van der Waals surface area contributed by atoms with E-state index in [1.807, 2.05) is 24.3 Å². The van der Waals surface area contributed by atoms with E-state index in [1.165, 1.54) is 0 Å². The Labute approximate surface area is 136 Å². The lowest BCUT2D eigenvalue weighted by atomic mass is 10.1. The molecule has 0 fully saturated rings. The third-order valence-corrected chi connectivity index (χ3v) is 3.40. The highest BCUT2D eigenvalue weighted by Gasteiger charge is 2.04. The van der Waals surface area contributed by atoms with Crippen LogP contribution in [0, 0.1) is 0 Å². The second-order valence-corrected chi connectivity index (χ2v) is 5.62. The summed E-state index contributed by atoms with van der Waals surface area (Å²) in [5.74, 6) is -0.882. The smallest absolute Gasteiger partial charge is 0.319 e. The molecule has 0 aliphatic heterocycles. The van der Waals surface area contributed by atoms with Gasteiger partial charge in [-0.25, -0.2) is 4.79 Å². The SMILES string of the molecule is O=C(O)Cc1ccc(NC(=O)NCc2cccc(Br)c2)cc1. The summed E-state index contributed by atoms with van der Waals surface area (Å²) in [5, 5.41) is 14.2. The number of hydrogen-bond donors (Lipinski definition) is 3. The predicted molar refractivity (Wildman–Crippen MR) is 87.8 cm³/mol. The summed E-state index contributed by atoms with van der Waals surface area (Å²) in [5.41, 5.74) is 2.29. The van der Waals surface area contributed by atoms with Crippen LogP contribution in [0.5, 0.6) is 0 Å². The lowest BCUT2D eigenvalue weighted by Crippen LogP contribution is -2.28. The Bertz CT molecular complexity index is 671. The third-order valence-electron chi connectivity index (χ3n) is 2.91. The first-order valence-electron chi connectivity index (χ1n) is 6.63. The average Bonchev–Trinajstić information content (AvgIpc) is 2.47. The van der Waals surface area contributed by atoms with Crippen LogP contribution in [0.3, 0.4) is 0 Å². The van der Waals surface area contributed by atoms with E-state index in [4.69, 9.17) is 5.11 Å². The number of carbonyl (C=O) groups is 2. The number of halogens is 1. The van der Waals surface area contributed by atoms with Crippen molar-refractivity contribution in [3.8, 4) is 0 Å². The maximum absolute atomic E-state index is 11.8. The molecule has 0 spiro atoms. The molecule has 0 aliphatic rings. The number of nitrogens with one attached hydrogen (secondary N) is 2. The molecule has 0 saturated heterocycles. The summed E-state index contributed by atoms with van der Waals surface area (Å²) < 4.78 is 0.959. The van der Waals surface area contributed by atoms with E-state index in [1.54, 1.807) is 24.3 Å². The molecular weight excluding hydrogens is 348 g/mol. The van der Waals surface area contributed by atoms with Gasteiger partial charge in [-0.05, 0) is 35.4 Å². The van der Waals surface area contributed by atoms with E-state index in [-0.39, 0.29) is 12.5 Å². The van der Waals surface area contributed by atoms with Crippen molar-refractivity contribution in [3.05, 3.63) is 64.1 Å². The Morgan fingerprint density at radius 2 is 1.77 bits per heavy atom. The van der Waals surface area contributed by atoms with E-state index in [2.05, 4.69) is 26.6 Å². The van der Waals surface area contributed by atoms with Gasteiger partial charge in [0, 0.05) is 16.7 Å². The third kappa shape index (κ3) is 5.21. The van der Waals surface area contributed by atoms with Crippen molar-refractivity contribution in [2.24, 2.45) is 0 Å². The van der Waals surface area contributed by atoms with Gasteiger partial charge >= 0.3 is 12.0 Å². The van der Waals surface area contributed by atoms with E-state index in [0.717, 1.165) is 10.0 Å². The topological polar surface area (TPSA) is 78.4 Å². The van der Waals surface area contributed by atoms with Gasteiger partial charge in [-0.1, -0.05) is 40.2 Å². The number of urea groups is 1. The number of carbonyl (C=O) groups excluding carboxylic acids is 1. The summed E-state index contributed by atoms with van der Waals surface area (Å²) in [6, 6.07) is 14.1. The number of rotatable bonds is 5. The van der Waals surface area contributed by atoms with Crippen molar-refractivity contribution in [2.75, 3.05) is 5.32 Å². The number of aliphatic carboxylic acids is 1. The predicted octanol–water partition coefficient (Wildman–Crippen LogP) is 3.40. The van der Waals surface area contributed by atoms with Crippen LogP contribution in [0.25, 0.3) is 0 Å². The molecule has 0 heterocycles. The molecule has 2 amide bonds. The average molecular weight is 363 g/mol. The van der Waals surface area contributed by atoms with E-state index >= 15 is 0 Å². The quantitative estimate of drug-likeness (QED) is 0.762. The van der Waals surface area contributed by atoms with Gasteiger partial charge in [0.25, 0.3) is 0 Å². The van der Waals surface area contributed by atoms with E-state index < -0.39 is 5.97 Å². The number of anilines is 1. The van der Waals surface area contributed by atoms with Crippen molar-refractivity contribution in [1.29, 1.82) is 0 Å². The van der Waals surface area contributed by atoms with Crippen LogP contribution in [-0.2, 0) is 17.8 Å². The largest absolute Gasteiger partial charge is 0.481 e.